The van der Waals surface area contributed by atoms with Crippen molar-refractivity contribution in [1.82, 2.24) is 34.1 Å². The molecule has 10 heteroatoms. The monoisotopic (exact) mass is 451 g/mol. The van der Waals surface area contributed by atoms with Gasteiger partial charge in [-0.2, -0.15) is 9.10 Å². The molecule has 1 fully saturated rings. The summed E-state index contributed by atoms with van der Waals surface area (Å²) in [7, 11) is -3.51. The summed E-state index contributed by atoms with van der Waals surface area (Å²) in [6, 6.07) is 14.9. The highest BCUT2D eigenvalue weighted by Gasteiger charge is 2.26. The number of fused-ring (bicyclic) bond motifs is 1. The fourth-order valence-corrected chi connectivity index (χ4v) is 5.72. The molecule has 32 heavy (non-hydrogen) atoms. The Labute approximate surface area is 186 Å². The quantitative estimate of drug-likeness (QED) is 0.447. The predicted molar refractivity (Wildman–Crippen MR) is 120 cm³/mol. The van der Waals surface area contributed by atoms with E-state index in [0.29, 0.717) is 42.4 Å². The predicted octanol–water partition coefficient (Wildman–Crippen LogP) is 2.93. The second-order valence-corrected chi connectivity index (χ2v) is 9.83. The van der Waals surface area contributed by atoms with Crippen molar-refractivity contribution in [1.29, 1.82) is 0 Å². The van der Waals surface area contributed by atoms with Gasteiger partial charge in [0.25, 0.3) is 0 Å². The van der Waals surface area contributed by atoms with Gasteiger partial charge in [-0.3, -0.25) is 0 Å². The standard InChI is InChI=1S/C22H25N7O2S/c1-2-28-20-12-11-18(32(30,31)27-13-7-4-8-14-27)15-19(20)23-21(28)16-29-25-22(24-26-29)17-9-5-3-6-10-17/h3,5-6,9-12,15H,2,4,7-8,13-14,16H2,1H3. The van der Waals surface area contributed by atoms with Crippen LogP contribution in [-0.4, -0.2) is 55.6 Å². The first-order valence-corrected chi connectivity index (χ1v) is 12.3. The molecule has 0 spiro atoms. The number of imidazole rings is 1. The Hall–Kier alpha value is -3.11. The highest BCUT2D eigenvalue weighted by molar-refractivity contribution is 7.89. The van der Waals surface area contributed by atoms with E-state index in [9.17, 15) is 8.42 Å². The molecule has 0 N–H and O–H groups in total. The molecule has 0 atom stereocenters. The van der Waals surface area contributed by atoms with Gasteiger partial charge >= 0.3 is 0 Å². The van der Waals surface area contributed by atoms with Crippen molar-refractivity contribution in [2.24, 2.45) is 0 Å². The summed E-state index contributed by atoms with van der Waals surface area (Å²) in [5, 5.41) is 12.8. The lowest BCUT2D eigenvalue weighted by Gasteiger charge is -2.25. The summed E-state index contributed by atoms with van der Waals surface area (Å²) in [5.41, 5.74) is 2.45. The van der Waals surface area contributed by atoms with Crippen molar-refractivity contribution in [3.8, 4) is 11.4 Å². The third kappa shape index (κ3) is 3.80. The van der Waals surface area contributed by atoms with Crippen molar-refractivity contribution < 1.29 is 8.42 Å². The summed E-state index contributed by atoms with van der Waals surface area (Å²) in [6.07, 6.45) is 2.90. The first-order chi connectivity index (χ1) is 15.6. The molecule has 4 aromatic rings. The lowest BCUT2D eigenvalue weighted by atomic mass is 10.2. The molecule has 1 aliphatic rings. The molecule has 0 unspecified atom stereocenters. The number of sulfonamides is 1. The zero-order valence-corrected chi connectivity index (χ0v) is 18.7. The van der Waals surface area contributed by atoms with Crippen LogP contribution < -0.4 is 0 Å². The van der Waals surface area contributed by atoms with E-state index in [0.717, 1.165) is 36.2 Å². The van der Waals surface area contributed by atoms with Gasteiger partial charge < -0.3 is 4.57 Å². The molecule has 5 rings (SSSR count). The molecule has 2 aromatic heterocycles. The van der Waals surface area contributed by atoms with Gasteiger partial charge in [0.1, 0.15) is 12.4 Å². The van der Waals surface area contributed by atoms with E-state index in [2.05, 4.69) is 20.0 Å². The minimum atomic E-state index is -3.51. The average Bonchev–Trinajstić information content (AvgIpc) is 3.44. The van der Waals surface area contributed by atoms with Crippen LogP contribution in [0.4, 0.5) is 0 Å². The van der Waals surface area contributed by atoms with E-state index in [1.807, 2.05) is 43.3 Å². The average molecular weight is 452 g/mol. The van der Waals surface area contributed by atoms with Crippen molar-refractivity contribution in [3.63, 3.8) is 0 Å². The molecule has 0 radical (unpaired) electrons. The van der Waals surface area contributed by atoms with Crippen LogP contribution in [0.15, 0.2) is 53.4 Å². The maximum atomic E-state index is 13.1. The number of aryl methyl sites for hydroxylation is 1. The largest absolute Gasteiger partial charge is 0.327 e. The van der Waals surface area contributed by atoms with E-state index < -0.39 is 10.0 Å². The van der Waals surface area contributed by atoms with Crippen molar-refractivity contribution in [2.45, 2.75) is 44.2 Å². The zero-order valence-electron chi connectivity index (χ0n) is 17.9. The smallest absolute Gasteiger partial charge is 0.243 e. The minimum absolute atomic E-state index is 0.296. The van der Waals surface area contributed by atoms with Crippen LogP contribution in [0.5, 0.6) is 0 Å². The molecule has 0 bridgehead atoms. The molecular formula is C22H25N7O2S. The van der Waals surface area contributed by atoms with E-state index >= 15 is 0 Å². The normalized spacial score (nSPS) is 15.4. The van der Waals surface area contributed by atoms with Gasteiger partial charge in [-0.25, -0.2) is 13.4 Å². The minimum Gasteiger partial charge on any atom is -0.327 e. The number of nitrogens with zero attached hydrogens (tertiary/aromatic N) is 7. The van der Waals surface area contributed by atoms with Gasteiger partial charge in [0, 0.05) is 25.2 Å². The molecule has 1 aliphatic heterocycles. The topological polar surface area (TPSA) is 98.8 Å². The van der Waals surface area contributed by atoms with E-state index in [1.165, 1.54) is 4.80 Å². The first-order valence-electron chi connectivity index (χ1n) is 10.9. The lowest BCUT2D eigenvalue weighted by Crippen LogP contribution is -2.35. The number of piperidine rings is 1. The van der Waals surface area contributed by atoms with Crippen LogP contribution in [0.25, 0.3) is 22.4 Å². The van der Waals surface area contributed by atoms with Crippen LogP contribution in [0.2, 0.25) is 0 Å². The van der Waals surface area contributed by atoms with E-state index in [-0.39, 0.29) is 0 Å². The van der Waals surface area contributed by atoms with E-state index in [1.54, 1.807) is 16.4 Å². The molecule has 0 aliphatic carbocycles. The number of tetrazole rings is 1. The zero-order chi connectivity index (χ0) is 22.1. The van der Waals surface area contributed by atoms with Gasteiger partial charge in [0.05, 0.1) is 15.9 Å². The summed E-state index contributed by atoms with van der Waals surface area (Å²) in [4.78, 5) is 6.54. The van der Waals surface area contributed by atoms with Crippen LogP contribution in [0.1, 0.15) is 32.0 Å². The molecule has 9 nitrogen and oxygen atoms in total. The van der Waals surface area contributed by atoms with Crippen molar-refractivity contribution in [2.75, 3.05) is 13.1 Å². The Morgan fingerprint density at radius 1 is 1.00 bits per heavy atom. The SMILES string of the molecule is CCn1c(Cn2nnc(-c3ccccc3)n2)nc2cc(S(=O)(=O)N3CCCCC3)ccc21. The van der Waals surface area contributed by atoms with Crippen LogP contribution in [-0.2, 0) is 23.1 Å². The molecule has 2 aromatic carbocycles. The Kier molecular flexibility index (Phi) is 5.48. The van der Waals surface area contributed by atoms with Crippen molar-refractivity contribution >= 4 is 21.1 Å². The summed E-state index contributed by atoms with van der Waals surface area (Å²) in [5.74, 6) is 1.31. The molecule has 0 saturated carbocycles. The third-order valence-corrected chi connectivity index (χ3v) is 7.73. The Bertz CT molecular complexity index is 1340. The Morgan fingerprint density at radius 3 is 2.53 bits per heavy atom. The number of hydrogen-bond donors (Lipinski definition) is 0. The molecular weight excluding hydrogens is 426 g/mol. The van der Waals surface area contributed by atoms with Crippen molar-refractivity contribution in [3.05, 3.63) is 54.4 Å². The van der Waals surface area contributed by atoms with Crippen LogP contribution >= 0.6 is 0 Å². The second kappa shape index (κ2) is 8.44. The molecule has 166 valence electrons. The van der Waals surface area contributed by atoms with Gasteiger partial charge in [0.15, 0.2) is 0 Å². The van der Waals surface area contributed by atoms with Crippen LogP contribution in [0, 0.1) is 0 Å². The summed E-state index contributed by atoms with van der Waals surface area (Å²) >= 11 is 0. The molecule has 3 heterocycles. The maximum absolute atomic E-state index is 13.1. The number of aromatic nitrogens is 6. The van der Waals surface area contributed by atoms with Crippen LogP contribution in [0.3, 0.4) is 0 Å². The fourth-order valence-electron chi connectivity index (χ4n) is 4.19. The summed E-state index contributed by atoms with van der Waals surface area (Å²) < 4.78 is 29.8. The summed E-state index contributed by atoms with van der Waals surface area (Å²) in [6.45, 7) is 4.24. The number of benzene rings is 2. The van der Waals surface area contributed by atoms with Gasteiger partial charge in [-0.05, 0) is 43.2 Å². The first kappa shape index (κ1) is 20.8. The fraction of sp³-hybridized carbons (Fsp3) is 0.364. The Morgan fingerprint density at radius 2 is 1.78 bits per heavy atom. The Balaban J connectivity index is 1.46. The molecule has 0 amide bonds. The van der Waals surface area contributed by atoms with Gasteiger partial charge in [-0.15, -0.1) is 10.2 Å². The third-order valence-electron chi connectivity index (χ3n) is 5.84. The van der Waals surface area contributed by atoms with Gasteiger partial charge in [0.2, 0.25) is 15.8 Å². The number of rotatable bonds is 6. The van der Waals surface area contributed by atoms with Gasteiger partial charge in [-0.1, -0.05) is 36.8 Å². The number of hydrogen-bond acceptors (Lipinski definition) is 6. The highest BCUT2D eigenvalue weighted by atomic mass is 32.2. The molecule has 1 saturated heterocycles. The van der Waals surface area contributed by atoms with E-state index in [4.69, 9.17) is 4.98 Å². The maximum Gasteiger partial charge on any atom is 0.243 e. The second-order valence-electron chi connectivity index (χ2n) is 7.90. The highest BCUT2D eigenvalue weighted by Crippen LogP contribution is 2.25. The lowest BCUT2D eigenvalue weighted by molar-refractivity contribution is 0.346.